The van der Waals surface area contributed by atoms with E-state index in [2.05, 4.69) is 5.32 Å². The van der Waals surface area contributed by atoms with Crippen LogP contribution < -0.4 is 15.3 Å². The van der Waals surface area contributed by atoms with E-state index in [0.717, 1.165) is 19.4 Å². The predicted octanol–water partition coefficient (Wildman–Crippen LogP) is 1.98. The van der Waals surface area contributed by atoms with E-state index >= 15 is 0 Å². The summed E-state index contributed by atoms with van der Waals surface area (Å²) in [7, 11) is 1.39. The molecular weight excluding hydrogens is 304 g/mol. The van der Waals surface area contributed by atoms with Gasteiger partial charge in [0.1, 0.15) is 0 Å². The number of anilines is 2. The number of carbonyl (C=O) groups excluding carboxylic acids is 3. The minimum atomic E-state index is -0.686. The highest BCUT2D eigenvalue weighted by Gasteiger charge is 2.23. The van der Waals surface area contributed by atoms with Crippen LogP contribution in [0.3, 0.4) is 0 Å². The van der Waals surface area contributed by atoms with Crippen LogP contribution in [0.1, 0.15) is 33.3 Å². The number of benzene rings is 1. The van der Waals surface area contributed by atoms with Crippen molar-refractivity contribution < 1.29 is 28.8 Å². The SMILES string of the molecule is CCc1ccc(N(OC(C)=O)OC(C)=O)c(OC)c1NC(C)=O. The highest BCUT2D eigenvalue weighted by molar-refractivity contribution is 5.93. The number of methoxy groups -OCH3 is 1. The van der Waals surface area contributed by atoms with E-state index in [1.54, 1.807) is 12.1 Å². The molecule has 0 fully saturated rings. The Balaban J connectivity index is 3.44. The molecule has 0 aliphatic rings. The number of nitrogens with zero attached hydrogens (tertiary/aromatic N) is 1. The molecule has 1 aromatic rings. The van der Waals surface area contributed by atoms with E-state index in [9.17, 15) is 14.4 Å². The van der Waals surface area contributed by atoms with Crippen molar-refractivity contribution in [2.24, 2.45) is 0 Å². The maximum absolute atomic E-state index is 11.4. The molecule has 0 saturated heterocycles. The van der Waals surface area contributed by atoms with Gasteiger partial charge in [0.05, 0.1) is 12.8 Å². The third-order valence-electron chi connectivity index (χ3n) is 2.73. The number of ether oxygens (including phenoxy) is 1. The first-order valence-corrected chi connectivity index (χ1v) is 6.94. The molecule has 126 valence electrons. The summed E-state index contributed by atoms with van der Waals surface area (Å²) in [5, 5.41) is 3.34. The Bertz CT molecular complexity index is 598. The fraction of sp³-hybridized carbons (Fsp3) is 0.400. The van der Waals surface area contributed by atoms with Gasteiger partial charge in [-0.2, -0.15) is 0 Å². The summed E-state index contributed by atoms with van der Waals surface area (Å²) in [6.07, 6.45) is 0.632. The van der Waals surface area contributed by atoms with E-state index in [1.807, 2.05) is 6.92 Å². The first kappa shape index (κ1) is 18.3. The summed E-state index contributed by atoms with van der Waals surface area (Å²) in [4.78, 5) is 43.7. The van der Waals surface area contributed by atoms with Crippen LogP contribution in [0.2, 0.25) is 0 Å². The van der Waals surface area contributed by atoms with Crippen molar-refractivity contribution in [3.8, 4) is 5.75 Å². The smallest absolute Gasteiger partial charge is 0.333 e. The Morgan fingerprint density at radius 3 is 2.04 bits per heavy atom. The molecule has 1 rings (SSSR count). The van der Waals surface area contributed by atoms with Gasteiger partial charge in [-0.25, -0.2) is 9.59 Å². The molecule has 1 N–H and O–H groups in total. The number of hydrogen-bond donors (Lipinski definition) is 1. The molecule has 0 radical (unpaired) electrons. The summed E-state index contributed by atoms with van der Waals surface area (Å²) in [6.45, 7) is 5.60. The standard InChI is InChI=1S/C15H20N2O6/c1-6-12-7-8-13(15(21-5)14(12)16-9(2)18)17(22-10(3)19)23-11(4)20/h7-8H,6H2,1-5H3,(H,16,18). The lowest BCUT2D eigenvalue weighted by molar-refractivity contribution is -0.171. The minimum absolute atomic E-state index is 0.166. The van der Waals surface area contributed by atoms with Crippen LogP contribution in [-0.2, 0) is 30.5 Å². The van der Waals surface area contributed by atoms with Gasteiger partial charge < -0.3 is 19.7 Å². The zero-order valence-electron chi connectivity index (χ0n) is 13.8. The maximum Gasteiger partial charge on any atom is 0.333 e. The van der Waals surface area contributed by atoms with Gasteiger partial charge in [-0.3, -0.25) is 4.79 Å². The zero-order valence-corrected chi connectivity index (χ0v) is 13.8. The van der Waals surface area contributed by atoms with Gasteiger partial charge in [0.2, 0.25) is 5.91 Å². The normalized spacial score (nSPS) is 9.78. The Labute approximate surface area is 134 Å². The molecule has 23 heavy (non-hydrogen) atoms. The summed E-state index contributed by atoms with van der Waals surface area (Å²) >= 11 is 0. The number of nitrogens with one attached hydrogen (secondary N) is 1. The summed E-state index contributed by atoms with van der Waals surface area (Å²) in [6, 6.07) is 3.28. The quantitative estimate of drug-likeness (QED) is 0.799. The maximum atomic E-state index is 11.4. The Morgan fingerprint density at radius 1 is 1.09 bits per heavy atom. The van der Waals surface area contributed by atoms with Crippen molar-refractivity contribution in [2.45, 2.75) is 34.1 Å². The van der Waals surface area contributed by atoms with E-state index in [-0.39, 0.29) is 17.3 Å². The van der Waals surface area contributed by atoms with E-state index in [4.69, 9.17) is 14.4 Å². The Hall–Kier alpha value is -2.77. The minimum Gasteiger partial charge on any atom is -0.492 e. The van der Waals surface area contributed by atoms with E-state index < -0.39 is 11.9 Å². The molecule has 0 saturated carbocycles. The number of hydrogen-bond acceptors (Lipinski definition) is 7. The predicted molar refractivity (Wildman–Crippen MR) is 82.7 cm³/mol. The van der Waals surface area contributed by atoms with Crippen molar-refractivity contribution in [1.82, 2.24) is 0 Å². The van der Waals surface area contributed by atoms with Crippen molar-refractivity contribution in [3.05, 3.63) is 17.7 Å². The average molecular weight is 324 g/mol. The molecule has 0 spiro atoms. The van der Waals surface area contributed by atoms with Crippen molar-refractivity contribution in [3.63, 3.8) is 0 Å². The lowest BCUT2D eigenvalue weighted by Gasteiger charge is -2.24. The van der Waals surface area contributed by atoms with Gasteiger partial charge in [-0.05, 0) is 23.3 Å². The van der Waals surface area contributed by atoms with Crippen molar-refractivity contribution >= 4 is 29.2 Å². The molecule has 1 aromatic carbocycles. The van der Waals surface area contributed by atoms with Gasteiger partial charge in [0.15, 0.2) is 11.4 Å². The highest BCUT2D eigenvalue weighted by atomic mass is 17.0. The molecule has 0 heterocycles. The first-order valence-electron chi connectivity index (χ1n) is 6.94. The van der Waals surface area contributed by atoms with Crippen molar-refractivity contribution in [2.75, 3.05) is 17.7 Å². The monoisotopic (exact) mass is 324 g/mol. The van der Waals surface area contributed by atoms with Gasteiger partial charge in [-0.1, -0.05) is 13.0 Å². The van der Waals surface area contributed by atoms with Crippen LogP contribution in [0.25, 0.3) is 0 Å². The van der Waals surface area contributed by atoms with E-state index in [0.29, 0.717) is 17.3 Å². The lowest BCUT2D eigenvalue weighted by Crippen LogP contribution is -2.29. The molecule has 0 unspecified atom stereocenters. The van der Waals surface area contributed by atoms with Crippen LogP contribution >= 0.6 is 0 Å². The van der Waals surface area contributed by atoms with Crippen LogP contribution in [0.4, 0.5) is 11.4 Å². The molecule has 0 aromatic heterocycles. The zero-order chi connectivity index (χ0) is 17.6. The van der Waals surface area contributed by atoms with Crippen LogP contribution in [-0.4, -0.2) is 25.0 Å². The van der Waals surface area contributed by atoms with Crippen LogP contribution in [0.15, 0.2) is 12.1 Å². The number of carbonyl (C=O) groups is 3. The molecule has 1 amide bonds. The van der Waals surface area contributed by atoms with Gasteiger partial charge in [0, 0.05) is 20.8 Å². The summed E-state index contributed by atoms with van der Waals surface area (Å²) in [5.74, 6) is -1.45. The van der Waals surface area contributed by atoms with Gasteiger partial charge in [0.25, 0.3) is 0 Å². The Morgan fingerprint density at radius 2 is 1.65 bits per heavy atom. The largest absolute Gasteiger partial charge is 0.492 e. The summed E-state index contributed by atoms with van der Waals surface area (Å²) in [5.41, 5.74) is 1.40. The fourth-order valence-electron chi connectivity index (χ4n) is 1.92. The molecule has 8 heteroatoms. The lowest BCUT2D eigenvalue weighted by atomic mass is 10.1. The number of rotatable bonds is 6. The van der Waals surface area contributed by atoms with Crippen LogP contribution in [0, 0.1) is 0 Å². The first-order chi connectivity index (χ1) is 10.8. The number of aryl methyl sites for hydroxylation is 1. The molecule has 0 bridgehead atoms. The second-order valence-corrected chi connectivity index (χ2v) is 4.61. The van der Waals surface area contributed by atoms with Crippen LogP contribution in [0.5, 0.6) is 5.75 Å². The third-order valence-corrected chi connectivity index (χ3v) is 2.73. The number of amides is 1. The molecule has 0 aliphatic carbocycles. The molecule has 0 atom stereocenters. The summed E-state index contributed by atoms with van der Waals surface area (Å²) < 4.78 is 5.32. The second-order valence-electron chi connectivity index (χ2n) is 4.61. The molecular formula is C15H20N2O6. The highest BCUT2D eigenvalue weighted by Crippen LogP contribution is 2.39. The third kappa shape index (κ3) is 4.87. The molecule has 8 nitrogen and oxygen atoms in total. The van der Waals surface area contributed by atoms with E-state index in [1.165, 1.54) is 14.0 Å². The fourth-order valence-corrected chi connectivity index (χ4v) is 1.92. The second kappa shape index (κ2) is 8.02. The van der Waals surface area contributed by atoms with Crippen molar-refractivity contribution in [1.29, 1.82) is 0 Å². The average Bonchev–Trinajstić information content (AvgIpc) is 2.44. The van der Waals surface area contributed by atoms with Gasteiger partial charge in [-0.15, -0.1) is 0 Å². The molecule has 0 aliphatic heterocycles. The topological polar surface area (TPSA) is 94.2 Å². The van der Waals surface area contributed by atoms with Gasteiger partial charge >= 0.3 is 11.9 Å². The Kier molecular flexibility index (Phi) is 6.37.